The summed E-state index contributed by atoms with van der Waals surface area (Å²) in [6, 6.07) is 5.53. The van der Waals surface area contributed by atoms with Crippen molar-refractivity contribution < 1.29 is 9.53 Å². The summed E-state index contributed by atoms with van der Waals surface area (Å²) >= 11 is 5.96. The highest BCUT2D eigenvalue weighted by Crippen LogP contribution is 2.24. The lowest BCUT2D eigenvalue weighted by molar-refractivity contribution is -0.126. The normalized spacial score (nSPS) is 16.6. The molecule has 108 valence electrons. The zero-order valence-electron chi connectivity index (χ0n) is 11.5. The number of hydrogen-bond acceptors (Lipinski definition) is 3. The summed E-state index contributed by atoms with van der Waals surface area (Å²) in [6.07, 6.45) is 5.02. The van der Waals surface area contributed by atoms with Gasteiger partial charge in [-0.2, -0.15) is 0 Å². The zero-order valence-corrected chi connectivity index (χ0v) is 12.3. The molecule has 1 aliphatic rings. The minimum absolute atomic E-state index is 0.000992. The molecule has 1 saturated heterocycles. The van der Waals surface area contributed by atoms with Crippen LogP contribution in [0.3, 0.4) is 0 Å². The molecule has 1 heterocycles. The molecule has 0 saturated carbocycles. The van der Waals surface area contributed by atoms with Gasteiger partial charge in [0.1, 0.15) is 5.75 Å². The molecule has 0 bridgehead atoms. The van der Waals surface area contributed by atoms with Gasteiger partial charge in [0.15, 0.2) is 0 Å². The fourth-order valence-electron chi connectivity index (χ4n) is 2.22. The first-order chi connectivity index (χ1) is 9.60. The summed E-state index contributed by atoms with van der Waals surface area (Å²) in [5.74, 6) is 0.693. The Labute approximate surface area is 124 Å². The molecule has 0 unspecified atom stereocenters. The molecular weight excluding hydrogens is 276 g/mol. The maximum Gasteiger partial charge on any atom is 0.246 e. The third-order valence-electron chi connectivity index (χ3n) is 3.45. The summed E-state index contributed by atoms with van der Waals surface area (Å²) in [5, 5.41) is 0.613. The van der Waals surface area contributed by atoms with Crippen molar-refractivity contribution in [2.24, 2.45) is 5.73 Å². The van der Waals surface area contributed by atoms with E-state index in [1.54, 1.807) is 37.5 Å². The number of carbonyl (C=O) groups excluding carboxylic acids is 1. The molecule has 5 heteroatoms. The van der Waals surface area contributed by atoms with Crippen LogP contribution in [0.1, 0.15) is 18.4 Å². The second-order valence-electron chi connectivity index (χ2n) is 4.88. The number of hydrogen-bond donors (Lipinski definition) is 1. The topological polar surface area (TPSA) is 55.6 Å². The molecule has 1 aromatic carbocycles. The molecule has 0 aromatic heterocycles. The Balaban J connectivity index is 2.05. The van der Waals surface area contributed by atoms with E-state index < -0.39 is 0 Å². The molecule has 1 fully saturated rings. The number of methoxy groups -OCH3 is 1. The standard InChI is InChI=1S/C15H19ClN2O2/c1-20-14-4-3-12(16)10-11(14)2-5-15(19)18-8-6-13(17)7-9-18/h2-5,10,13H,6-9,17H2,1H3/b5-2+. The van der Waals surface area contributed by atoms with Crippen LogP contribution in [0, 0.1) is 0 Å². The van der Waals surface area contributed by atoms with Crippen molar-refractivity contribution >= 4 is 23.6 Å². The number of ether oxygens (including phenoxy) is 1. The van der Waals surface area contributed by atoms with Crippen LogP contribution in [0.2, 0.25) is 5.02 Å². The lowest BCUT2D eigenvalue weighted by Gasteiger charge is -2.29. The van der Waals surface area contributed by atoms with Crippen LogP contribution < -0.4 is 10.5 Å². The Morgan fingerprint density at radius 3 is 2.80 bits per heavy atom. The molecule has 0 atom stereocenters. The third kappa shape index (κ3) is 3.74. The molecule has 0 radical (unpaired) electrons. The Hall–Kier alpha value is -1.52. The molecule has 20 heavy (non-hydrogen) atoms. The summed E-state index contributed by atoms with van der Waals surface area (Å²) in [7, 11) is 1.59. The molecule has 2 rings (SSSR count). The average molecular weight is 295 g/mol. The van der Waals surface area contributed by atoms with E-state index in [1.807, 2.05) is 4.90 Å². The Bertz CT molecular complexity index is 509. The Morgan fingerprint density at radius 2 is 2.15 bits per heavy atom. The van der Waals surface area contributed by atoms with E-state index in [-0.39, 0.29) is 11.9 Å². The number of nitrogens with zero attached hydrogens (tertiary/aromatic N) is 1. The van der Waals surface area contributed by atoms with Gasteiger partial charge in [0.25, 0.3) is 0 Å². The van der Waals surface area contributed by atoms with Gasteiger partial charge in [-0.05, 0) is 37.1 Å². The lowest BCUT2D eigenvalue weighted by atomic mass is 10.1. The van der Waals surface area contributed by atoms with Gasteiger partial charge >= 0.3 is 0 Å². The second kappa shape index (κ2) is 6.77. The van der Waals surface area contributed by atoms with Gasteiger partial charge in [-0.3, -0.25) is 4.79 Å². The fourth-order valence-corrected chi connectivity index (χ4v) is 2.40. The maximum absolute atomic E-state index is 12.1. The van der Waals surface area contributed by atoms with Crippen LogP contribution in [0.25, 0.3) is 6.08 Å². The van der Waals surface area contributed by atoms with Gasteiger partial charge in [-0.15, -0.1) is 0 Å². The number of nitrogens with two attached hydrogens (primary N) is 1. The number of benzene rings is 1. The first-order valence-electron chi connectivity index (χ1n) is 6.66. The van der Waals surface area contributed by atoms with E-state index in [4.69, 9.17) is 22.1 Å². The summed E-state index contributed by atoms with van der Waals surface area (Å²) in [4.78, 5) is 13.9. The summed E-state index contributed by atoms with van der Waals surface area (Å²) < 4.78 is 5.24. The van der Waals surface area contributed by atoms with Crippen molar-refractivity contribution in [3.8, 4) is 5.75 Å². The average Bonchev–Trinajstić information content (AvgIpc) is 2.45. The third-order valence-corrected chi connectivity index (χ3v) is 3.68. The van der Waals surface area contributed by atoms with Crippen molar-refractivity contribution in [2.75, 3.05) is 20.2 Å². The van der Waals surface area contributed by atoms with E-state index in [0.29, 0.717) is 10.8 Å². The lowest BCUT2D eigenvalue weighted by Crippen LogP contribution is -2.42. The first kappa shape index (κ1) is 14.9. The zero-order chi connectivity index (χ0) is 14.5. The molecule has 1 aromatic rings. The number of carbonyl (C=O) groups is 1. The quantitative estimate of drug-likeness (QED) is 0.871. The minimum atomic E-state index is -0.000992. The van der Waals surface area contributed by atoms with Gasteiger partial charge in [-0.25, -0.2) is 0 Å². The highest BCUT2D eigenvalue weighted by atomic mass is 35.5. The molecule has 1 aliphatic heterocycles. The number of likely N-dealkylation sites (tertiary alicyclic amines) is 1. The van der Waals surface area contributed by atoms with Gasteiger partial charge in [0.2, 0.25) is 5.91 Å². The predicted octanol–water partition coefficient (Wildman–Crippen LogP) is 2.31. The van der Waals surface area contributed by atoms with E-state index >= 15 is 0 Å². The number of piperidine rings is 1. The van der Waals surface area contributed by atoms with E-state index in [0.717, 1.165) is 31.5 Å². The largest absolute Gasteiger partial charge is 0.496 e. The number of amides is 1. The predicted molar refractivity (Wildman–Crippen MR) is 80.8 cm³/mol. The van der Waals surface area contributed by atoms with Crippen LogP contribution in [-0.4, -0.2) is 37.0 Å². The fraction of sp³-hybridized carbons (Fsp3) is 0.400. The minimum Gasteiger partial charge on any atom is -0.496 e. The molecular formula is C15H19ClN2O2. The first-order valence-corrected chi connectivity index (χ1v) is 7.04. The monoisotopic (exact) mass is 294 g/mol. The van der Waals surface area contributed by atoms with Crippen LogP contribution in [0.15, 0.2) is 24.3 Å². The summed E-state index contributed by atoms with van der Waals surface area (Å²) in [6.45, 7) is 1.44. The van der Waals surface area contributed by atoms with Crippen molar-refractivity contribution in [1.29, 1.82) is 0 Å². The van der Waals surface area contributed by atoms with Gasteiger partial charge in [-0.1, -0.05) is 11.6 Å². The Kier molecular flexibility index (Phi) is 5.04. The van der Waals surface area contributed by atoms with E-state index in [9.17, 15) is 4.79 Å². The highest BCUT2D eigenvalue weighted by molar-refractivity contribution is 6.30. The van der Waals surface area contributed by atoms with Crippen LogP contribution in [0.4, 0.5) is 0 Å². The van der Waals surface area contributed by atoms with Crippen molar-refractivity contribution in [3.63, 3.8) is 0 Å². The van der Waals surface area contributed by atoms with Gasteiger partial charge in [0, 0.05) is 35.8 Å². The van der Waals surface area contributed by atoms with Crippen molar-refractivity contribution in [1.82, 2.24) is 4.90 Å². The van der Waals surface area contributed by atoms with Gasteiger partial charge in [0.05, 0.1) is 7.11 Å². The van der Waals surface area contributed by atoms with E-state index in [1.165, 1.54) is 0 Å². The van der Waals surface area contributed by atoms with Crippen LogP contribution >= 0.6 is 11.6 Å². The molecule has 4 nitrogen and oxygen atoms in total. The van der Waals surface area contributed by atoms with Crippen molar-refractivity contribution in [2.45, 2.75) is 18.9 Å². The maximum atomic E-state index is 12.1. The second-order valence-corrected chi connectivity index (χ2v) is 5.32. The number of rotatable bonds is 3. The molecule has 1 amide bonds. The molecule has 0 spiro atoms. The molecule has 2 N–H and O–H groups in total. The Morgan fingerprint density at radius 1 is 1.45 bits per heavy atom. The van der Waals surface area contributed by atoms with Gasteiger partial charge < -0.3 is 15.4 Å². The highest BCUT2D eigenvalue weighted by Gasteiger charge is 2.18. The van der Waals surface area contributed by atoms with Crippen LogP contribution in [-0.2, 0) is 4.79 Å². The molecule has 0 aliphatic carbocycles. The van der Waals surface area contributed by atoms with Crippen molar-refractivity contribution in [3.05, 3.63) is 34.9 Å². The van der Waals surface area contributed by atoms with Crippen LogP contribution in [0.5, 0.6) is 5.75 Å². The number of halogens is 1. The smallest absolute Gasteiger partial charge is 0.246 e. The summed E-state index contributed by atoms with van der Waals surface area (Å²) in [5.41, 5.74) is 6.62. The SMILES string of the molecule is COc1ccc(Cl)cc1/C=C/C(=O)N1CCC(N)CC1. The van der Waals surface area contributed by atoms with E-state index in [2.05, 4.69) is 0 Å².